The summed E-state index contributed by atoms with van der Waals surface area (Å²) in [7, 11) is 0. The molecule has 2 rings (SSSR count). The Morgan fingerprint density at radius 1 is 1.27 bits per heavy atom. The van der Waals surface area contributed by atoms with E-state index in [-0.39, 0.29) is 30.5 Å². The number of rotatable bonds is 5. The summed E-state index contributed by atoms with van der Waals surface area (Å²) in [6.45, 7) is 6.30. The Morgan fingerprint density at radius 3 is 2.69 bits per heavy atom. The second kappa shape index (κ2) is 8.73. The highest BCUT2D eigenvalue weighted by Gasteiger charge is 2.30. The number of carbonyl (C=O) groups excluding carboxylic acids is 3. The number of furan rings is 1. The lowest BCUT2D eigenvalue weighted by molar-refractivity contribution is -0.120. The average Bonchev–Trinajstić information content (AvgIpc) is 3.11. The molecule has 8 nitrogen and oxygen atoms in total. The van der Waals surface area contributed by atoms with Crippen LogP contribution in [0.3, 0.4) is 0 Å². The summed E-state index contributed by atoms with van der Waals surface area (Å²) in [6.07, 6.45) is 5.07. The third-order valence-corrected chi connectivity index (χ3v) is 3.98. The highest BCUT2D eigenvalue weighted by atomic mass is 16.6. The van der Waals surface area contributed by atoms with E-state index in [9.17, 15) is 14.4 Å². The lowest BCUT2D eigenvalue weighted by Crippen LogP contribution is -2.51. The van der Waals surface area contributed by atoms with Crippen molar-refractivity contribution in [1.29, 1.82) is 0 Å². The summed E-state index contributed by atoms with van der Waals surface area (Å²) in [4.78, 5) is 37.8. The topological polar surface area (TPSA) is 101 Å². The van der Waals surface area contributed by atoms with Crippen LogP contribution in [0.5, 0.6) is 0 Å². The van der Waals surface area contributed by atoms with Crippen molar-refractivity contribution in [3.05, 3.63) is 24.2 Å². The Kier molecular flexibility index (Phi) is 6.65. The molecule has 0 spiro atoms. The van der Waals surface area contributed by atoms with Crippen molar-refractivity contribution >= 4 is 17.9 Å². The zero-order valence-corrected chi connectivity index (χ0v) is 15.5. The van der Waals surface area contributed by atoms with Gasteiger partial charge in [-0.25, -0.2) is 4.79 Å². The highest BCUT2D eigenvalue weighted by molar-refractivity contribution is 5.96. The van der Waals surface area contributed by atoms with Gasteiger partial charge in [-0.1, -0.05) is 0 Å². The minimum atomic E-state index is -0.556. The molecule has 1 aromatic rings. The van der Waals surface area contributed by atoms with Gasteiger partial charge in [0.25, 0.3) is 5.91 Å². The van der Waals surface area contributed by atoms with Crippen LogP contribution in [0.15, 0.2) is 23.0 Å². The Labute approximate surface area is 153 Å². The Morgan fingerprint density at radius 2 is 2.04 bits per heavy atom. The normalized spacial score (nSPS) is 17.5. The number of nitrogens with one attached hydrogen (secondary N) is 2. The first-order chi connectivity index (χ1) is 12.3. The second-order valence-corrected chi connectivity index (χ2v) is 7.32. The largest absolute Gasteiger partial charge is 0.472 e. The summed E-state index contributed by atoms with van der Waals surface area (Å²) in [6, 6.07) is 1.42. The van der Waals surface area contributed by atoms with Crippen LogP contribution < -0.4 is 10.6 Å². The molecule has 1 aliphatic heterocycles. The first kappa shape index (κ1) is 19.8. The van der Waals surface area contributed by atoms with Crippen LogP contribution in [0.1, 0.15) is 50.4 Å². The molecule has 0 bridgehead atoms. The van der Waals surface area contributed by atoms with Gasteiger partial charge in [0.05, 0.1) is 24.4 Å². The van der Waals surface area contributed by atoms with Crippen molar-refractivity contribution in [1.82, 2.24) is 15.5 Å². The van der Waals surface area contributed by atoms with Crippen LogP contribution in [0.25, 0.3) is 0 Å². The fourth-order valence-corrected chi connectivity index (χ4v) is 2.72. The Bertz CT molecular complexity index is 621. The predicted octanol–water partition coefficient (Wildman–Crippen LogP) is 1.92. The van der Waals surface area contributed by atoms with Crippen molar-refractivity contribution < 1.29 is 23.5 Å². The molecule has 0 radical (unpaired) electrons. The van der Waals surface area contributed by atoms with Gasteiger partial charge in [0.2, 0.25) is 5.91 Å². The Hall–Kier alpha value is -2.51. The van der Waals surface area contributed by atoms with Crippen LogP contribution in [0, 0.1) is 0 Å². The van der Waals surface area contributed by atoms with E-state index >= 15 is 0 Å². The molecule has 144 valence electrons. The first-order valence-corrected chi connectivity index (χ1v) is 8.83. The molecule has 26 heavy (non-hydrogen) atoms. The van der Waals surface area contributed by atoms with E-state index in [1.165, 1.54) is 18.6 Å². The molecule has 0 aromatic carbocycles. The molecule has 0 unspecified atom stereocenters. The summed E-state index contributed by atoms with van der Waals surface area (Å²) >= 11 is 0. The molecule has 8 heteroatoms. The van der Waals surface area contributed by atoms with Crippen molar-refractivity contribution in [3.8, 4) is 0 Å². The van der Waals surface area contributed by atoms with Crippen molar-refractivity contribution in [2.75, 3.05) is 19.6 Å². The molecule has 3 amide bonds. The molecule has 1 aromatic heterocycles. The van der Waals surface area contributed by atoms with Gasteiger partial charge in [-0.05, 0) is 46.1 Å². The van der Waals surface area contributed by atoms with Crippen LogP contribution in [0.2, 0.25) is 0 Å². The zero-order valence-electron chi connectivity index (χ0n) is 15.5. The van der Waals surface area contributed by atoms with E-state index < -0.39 is 5.60 Å². The minimum Gasteiger partial charge on any atom is -0.472 e. The van der Waals surface area contributed by atoms with Gasteiger partial charge < -0.3 is 24.7 Å². The molecule has 1 atom stereocenters. The molecule has 0 aliphatic carbocycles. The highest BCUT2D eigenvalue weighted by Crippen LogP contribution is 2.20. The van der Waals surface area contributed by atoms with Crippen molar-refractivity contribution in [3.63, 3.8) is 0 Å². The van der Waals surface area contributed by atoms with E-state index in [0.717, 1.165) is 19.3 Å². The molecule has 2 heterocycles. The minimum absolute atomic E-state index is 0.105. The van der Waals surface area contributed by atoms with Gasteiger partial charge in [-0.3, -0.25) is 9.59 Å². The quantitative estimate of drug-likeness (QED) is 0.830. The van der Waals surface area contributed by atoms with Crippen LogP contribution in [-0.4, -0.2) is 54.1 Å². The number of piperidine rings is 1. The number of ether oxygens (including phenoxy) is 1. The van der Waals surface area contributed by atoms with Gasteiger partial charge in [-0.15, -0.1) is 0 Å². The number of carbonyl (C=O) groups is 3. The lowest BCUT2D eigenvalue weighted by atomic mass is 10.0. The average molecular weight is 365 g/mol. The Balaban J connectivity index is 1.79. The summed E-state index contributed by atoms with van der Waals surface area (Å²) in [5.41, 5.74) is -0.194. The number of amides is 3. The molecule has 2 N–H and O–H groups in total. The van der Waals surface area contributed by atoms with Gasteiger partial charge in [0, 0.05) is 13.1 Å². The smallest absolute Gasteiger partial charge is 0.410 e. The predicted molar refractivity (Wildman–Crippen MR) is 94.6 cm³/mol. The lowest BCUT2D eigenvalue weighted by Gasteiger charge is -2.36. The molecule has 0 saturated carbocycles. The maximum Gasteiger partial charge on any atom is 0.410 e. The SMILES string of the molecule is CC(C)(C)OC(=O)N1CCCC[C@@H]1CNC(=O)CNC(=O)c1ccoc1. The molecule has 1 aliphatic rings. The second-order valence-electron chi connectivity index (χ2n) is 7.32. The zero-order chi connectivity index (χ0) is 19.2. The number of hydrogen-bond donors (Lipinski definition) is 2. The van der Waals surface area contributed by atoms with E-state index in [4.69, 9.17) is 9.15 Å². The molecule has 1 saturated heterocycles. The van der Waals surface area contributed by atoms with Crippen molar-refractivity contribution in [2.45, 2.75) is 51.7 Å². The van der Waals surface area contributed by atoms with Gasteiger partial charge in [0.1, 0.15) is 11.9 Å². The molecule has 1 fully saturated rings. The van der Waals surface area contributed by atoms with E-state index in [0.29, 0.717) is 18.7 Å². The van der Waals surface area contributed by atoms with Crippen molar-refractivity contribution in [2.24, 2.45) is 0 Å². The summed E-state index contributed by atoms with van der Waals surface area (Å²) in [5.74, 6) is -0.682. The van der Waals surface area contributed by atoms with Gasteiger partial charge in [0.15, 0.2) is 0 Å². The van der Waals surface area contributed by atoms with Gasteiger partial charge >= 0.3 is 6.09 Å². The van der Waals surface area contributed by atoms with Crippen LogP contribution in [-0.2, 0) is 9.53 Å². The maximum absolute atomic E-state index is 12.3. The number of likely N-dealkylation sites (tertiary alicyclic amines) is 1. The fourth-order valence-electron chi connectivity index (χ4n) is 2.72. The van der Waals surface area contributed by atoms with E-state index in [2.05, 4.69) is 10.6 Å². The first-order valence-electron chi connectivity index (χ1n) is 8.83. The molecular formula is C18H27N3O5. The summed E-state index contributed by atoms with van der Waals surface area (Å²) in [5, 5.41) is 5.30. The standard InChI is InChI=1S/C18H27N3O5/c1-18(2,3)26-17(24)21-8-5-4-6-14(21)10-19-15(22)11-20-16(23)13-7-9-25-12-13/h7,9,12,14H,4-6,8,10-11H2,1-3H3,(H,19,22)(H,20,23)/t14-/m1/s1. The number of hydrogen-bond acceptors (Lipinski definition) is 5. The van der Waals surface area contributed by atoms with E-state index in [1.54, 1.807) is 4.90 Å². The summed E-state index contributed by atoms with van der Waals surface area (Å²) < 4.78 is 10.3. The van der Waals surface area contributed by atoms with E-state index in [1.807, 2.05) is 20.8 Å². The fraction of sp³-hybridized carbons (Fsp3) is 0.611. The van der Waals surface area contributed by atoms with Crippen LogP contribution in [0.4, 0.5) is 4.79 Å². The third-order valence-electron chi connectivity index (χ3n) is 3.98. The molecular weight excluding hydrogens is 338 g/mol. The number of nitrogens with zero attached hydrogens (tertiary/aromatic N) is 1. The monoisotopic (exact) mass is 365 g/mol. The van der Waals surface area contributed by atoms with Gasteiger partial charge in [-0.2, -0.15) is 0 Å². The third kappa shape index (κ3) is 6.09. The van der Waals surface area contributed by atoms with Crippen LogP contribution >= 0.6 is 0 Å². The maximum atomic E-state index is 12.3.